The average Bonchev–Trinajstić information content (AvgIpc) is 2.91. The van der Waals surface area contributed by atoms with Crippen LogP contribution in [0.3, 0.4) is 0 Å². The first-order valence-electron chi connectivity index (χ1n) is 3.99. The van der Waals surface area contributed by atoms with Gasteiger partial charge < -0.3 is 14.6 Å². The summed E-state index contributed by atoms with van der Waals surface area (Å²) in [5, 5.41) is 9.52. The quantitative estimate of drug-likeness (QED) is 0.827. The van der Waals surface area contributed by atoms with Crippen LogP contribution < -0.4 is 4.74 Å². The monoisotopic (exact) mass is 244 g/mol. The van der Waals surface area contributed by atoms with E-state index in [9.17, 15) is 5.11 Å². The average molecular weight is 245 g/mol. The lowest BCUT2D eigenvalue weighted by Crippen LogP contribution is -2.03. The van der Waals surface area contributed by atoms with Gasteiger partial charge in [0, 0.05) is 0 Å². The van der Waals surface area contributed by atoms with Gasteiger partial charge in [0.2, 0.25) is 0 Å². The maximum atomic E-state index is 9.52. The number of phenols is 1. The van der Waals surface area contributed by atoms with Crippen LogP contribution in [0.15, 0.2) is 22.7 Å². The summed E-state index contributed by atoms with van der Waals surface area (Å²) in [6.45, 7) is 1.26. The van der Waals surface area contributed by atoms with Crippen molar-refractivity contribution in [3.63, 3.8) is 0 Å². The van der Waals surface area contributed by atoms with E-state index in [0.717, 1.165) is 6.61 Å². The Labute approximate surface area is 84.4 Å². The molecule has 4 heteroatoms. The number of hydrogen-bond acceptors (Lipinski definition) is 3. The van der Waals surface area contributed by atoms with E-state index in [1.807, 2.05) is 6.07 Å². The second kappa shape index (κ2) is 3.55. The molecule has 13 heavy (non-hydrogen) atoms. The lowest BCUT2D eigenvalue weighted by atomic mass is 10.3. The third-order valence-corrected chi connectivity index (χ3v) is 2.42. The molecule has 0 saturated carbocycles. The second-order valence-corrected chi connectivity index (χ2v) is 3.71. The van der Waals surface area contributed by atoms with Gasteiger partial charge in [-0.1, -0.05) is 6.07 Å². The highest BCUT2D eigenvalue weighted by molar-refractivity contribution is 9.10. The number of ether oxygens (including phenoxy) is 2. The van der Waals surface area contributed by atoms with Gasteiger partial charge in [0.1, 0.15) is 12.7 Å². The van der Waals surface area contributed by atoms with Crippen LogP contribution in [0, 0.1) is 0 Å². The van der Waals surface area contributed by atoms with Crippen LogP contribution in [0.2, 0.25) is 0 Å². The van der Waals surface area contributed by atoms with Crippen molar-refractivity contribution in [2.75, 3.05) is 13.2 Å². The highest BCUT2D eigenvalue weighted by Gasteiger charge is 2.23. The smallest absolute Gasteiger partial charge is 0.172 e. The van der Waals surface area contributed by atoms with E-state index in [1.54, 1.807) is 12.1 Å². The van der Waals surface area contributed by atoms with Gasteiger partial charge in [0.15, 0.2) is 11.5 Å². The molecule has 0 spiro atoms. The Morgan fingerprint density at radius 1 is 1.62 bits per heavy atom. The van der Waals surface area contributed by atoms with Crippen molar-refractivity contribution in [3.8, 4) is 11.5 Å². The molecule has 0 radical (unpaired) electrons. The summed E-state index contributed by atoms with van der Waals surface area (Å²) in [6.07, 6.45) is 0.207. The van der Waals surface area contributed by atoms with Gasteiger partial charge in [-0.2, -0.15) is 0 Å². The van der Waals surface area contributed by atoms with Crippen LogP contribution in [0.5, 0.6) is 11.5 Å². The van der Waals surface area contributed by atoms with Crippen LogP contribution >= 0.6 is 15.9 Å². The molecule has 1 aliphatic rings. The zero-order chi connectivity index (χ0) is 9.26. The van der Waals surface area contributed by atoms with E-state index in [0.29, 0.717) is 16.8 Å². The van der Waals surface area contributed by atoms with Gasteiger partial charge in [-0.3, -0.25) is 0 Å². The summed E-state index contributed by atoms with van der Waals surface area (Å²) in [5.41, 5.74) is 0. The van der Waals surface area contributed by atoms with Gasteiger partial charge in [-0.05, 0) is 28.1 Å². The molecule has 0 amide bonds. The number of para-hydroxylation sites is 1. The van der Waals surface area contributed by atoms with Gasteiger partial charge >= 0.3 is 0 Å². The first kappa shape index (κ1) is 8.84. The van der Waals surface area contributed by atoms with E-state index in [1.165, 1.54) is 0 Å². The molecule has 1 fully saturated rings. The predicted octanol–water partition coefficient (Wildman–Crippen LogP) is 1.93. The zero-order valence-corrected chi connectivity index (χ0v) is 8.45. The molecule has 1 N–H and O–H groups in total. The number of halogens is 1. The lowest BCUT2D eigenvalue weighted by Gasteiger charge is -2.06. The molecule has 1 saturated heterocycles. The number of phenolic OH excluding ortho intramolecular Hbond substituents is 1. The molecule has 0 aromatic heterocycles. The minimum absolute atomic E-state index is 0.142. The molecule has 0 aliphatic carbocycles. The molecule has 1 atom stereocenters. The lowest BCUT2D eigenvalue weighted by molar-refractivity contribution is 0.253. The van der Waals surface area contributed by atoms with Crippen molar-refractivity contribution < 1.29 is 14.6 Å². The maximum absolute atomic E-state index is 9.52. The van der Waals surface area contributed by atoms with Crippen LogP contribution in [-0.2, 0) is 4.74 Å². The summed E-state index contributed by atoms with van der Waals surface area (Å²) in [5.74, 6) is 0.632. The van der Waals surface area contributed by atoms with Crippen LogP contribution in [0.25, 0.3) is 0 Å². The topological polar surface area (TPSA) is 42.0 Å². The van der Waals surface area contributed by atoms with Crippen molar-refractivity contribution in [1.29, 1.82) is 0 Å². The molecular weight excluding hydrogens is 236 g/mol. The fourth-order valence-electron chi connectivity index (χ4n) is 0.959. The molecule has 1 heterocycles. The van der Waals surface area contributed by atoms with Crippen molar-refractivity contribution >= 4 is 15.9 Å². The Balaban J connectivity index is 2.05. The van der Waals surface area contributed by atoms with Crippen LogP contribution in [-0.4, -0.2) is 24.4 Å². The molecule has 3 nitrogen and oxygen atoms in total. The van der Waals surface area contributed by atoms with Gasteiger partial charge in [0.25, 0.3) is 0 Å². The van der Waals surface area contributed by atoms with Crippen LogP contribution in [0.4, 0.5) is 0 Å². The first-order valence-corrected chi connectivity index (χ1v) is 4.78. The molecule has 0 bridgehead atoms. The van der Waals surface area contributed by atoms with Crippen molar-refractivity contribution in [2.24, 2.45) is 0 Å². The minimum Gasteiger partial charge on any atom is -0.503 e. The van der Waals surface area contributed by atoms with E-state index in [2.05, 4.69) is 15.9 Å². The highest BCUT2D eigenvalue weighted by atomic mass is 79.9. The Bertz CT molecular complexity index is 310. The Hall–Kier alpha value is -0.740. The molecule has 1 aromatic carbocycles. The second-order valence-electron chi connectivity index (χ2n) is 2.85. The predicted molar refractivity (Wildman–Crippen MR) is 51.0 cm³/mol. The number of rotatable bonds is 3. The molecule has 1 aliphatic heterocycles. The van der Waals surface area contributed by atoms with E-state index in [4.69, 9.17) is 9.47 Å². The fourth-order valence-corrected chi connectivity index (χ4v) is 1.31. The summed E-state index contributed by atoms with van der Waals surface area (Å²) in [4.78, 5) is 0. The maximum Gasteiger partial charge on any atom is 0.172 e. The van der Waals surface area contributed by atoms with Crippen LogP contribution in [0.1, 0.15) is 0 Å². The number of epoxide rings is 1. The zero-order valence-electron chi connectivity index (χ0n) is 6.87. The number of aromatic hydroxyl groups is 1. The molecular formula is C9H9BrO3. The van der Waals surface area contributed by atoms with E-state index < -0.39 is 0 Å². The van der Waals surface area contributed by atoms with E-state index in [-0.39, 0.29) is 11.9 Å². The normalized spacial score (nSPS) is 19.9. The Morgan fingerprint density at radius 3 is 3.08 bits per heavy atom. The minimum atomic E-state index is 0.142. The van der Waals surface area contributed by atoms with Gasteiger partial charge in [-0.15, -0.1) is 0 Å². The fraction of sp³-hybridized carbons (Fsp3) is 0.333. The standard InChI is InChI=1S/C9H9BrO3/c10-7-2-1-3-8(9(7)11)13-5-6-4-12-6/h1-3,6,11H,4-5H2. The highest BCUT2D eigenvalue weighted by Crippen LogP contribution is 2.33. The number of hydrogen-bond donors (Lipinski definition) is 1. The Kier molecular flexibility index (Phi) is 2.42. The summed E-state index contributed by atoms with van der Waals surface area (Å²) >= 11 is 3.21. The molecule has 70 valence electrons. The third kappa shape index (κ3) is 2.14. The summed E-state index contributed by atoms with van der Waals surface area (Å²) in [6, 6.07) is 5.30. The van der Waals surface area contributed by atoms with Gasteiger partial charge in [0.05, 0.1) is 11.1 Å². The van der Waals surface area contributed by atoms with E-state index >= 15 is 0 Å². The molecule has 2 rings (SSSR count). The van der Waals surface area contributed by atoms with Crippen molar-refractivity contribution in [2.45, 2.75) is 6.10 Å². The first-order chi connectivity index (χ1) is 6.27. The summed E-state index contributed by atoms with van der Waals surface area (Å²) < 4.78 is 11.0. The molecule has 1 aromatic rings. The van der Waals surface area contributed by atoms with Crippen molar-refractivity contribution in [1.82, 2.24) is 0 Å². The molecule has 1 unspecified atom stereocenters. The third-order valence-electron chi connectivity index (χ3n) is 1.78. The van der Waals surface area contributed by atoms with Crippen molar-refractivity contribution in [3.05, 3.63) is 22.7 Å². The SMILES string of the molecule is Oc1c(Br)cccc1OCC1CO1. The number of benzene rings is 1. The van der Waals surface area contributed by atoms with Gasteiger partial charge in [-0.25, -0.2) is 0 Å². The summed E-state index contributed by atoms with van der Waals surface area (Å²) in [7, 11) is 0. The Morgan fingerprint density at radius 2 is 2.38 bits per heavy atom. The largest absolute Gasteiger partial charge is 0.503 e.